The number of hydrogen-bond donors (Lipinski definition) is 1. The van der Waals surface area contributed by atoms with Gasteiger partial charge in [0, 0.05) is 25.0 Å². The Bertz CT molecular complexity index is 880. The fraction of sp³-hybridized carbons (Fsp3) is 0.118. The van der Waals surface area contributed by atoms with E-state index >= 15 is 0 Å². The van der Waals surface area contributed by atoms with Crippen molar-refractivity contribution < 1.29 is 9.18 Å². The number of nitrogens with zero attached hydrogens (tertiary/aromatic N) is 3. The van der Waals surface area contributed by atoms with Gasteiger partial charge in [0.2, 0.25) is 0 Å². The zero-order valence-corrected chi connectivity index (χ0v) is 13.6. The highest BCUT2D eigenvalue weighted by Crippen LogP contribution is 2.19. The van der Waals surface area contributed by atoms with Crippen molar-refractivity contribution in [1.82, 2.24) is 20.1 Å². The molecular weight excluding hydrogens is 331 g/mol. The second-order valence-corrected chi connectivity index (χ2v) is 5.59. The Balaban J connectivity index is 1.72. The predicted molar refractivity (Wildman–Crippen MR) is 89.0 cm³/mol. The molecule has 0 fully saturated rings. The Labute approximate surface area is 143 Å². The highest BCUT2D eigenvalue weighted by atomic mass is 35.5. The van der Waals surface area contributed by atoms with Crippen LogP contribution in [0.4, 0.5) is 4.39 Å². The van der Waals surface area contributed by atoms with Crippen molar-refractivity contribution in [1.29, 1.82) is 0 Å². The molecule has 0 spiro atoms. The quantitative estimate of drug-likeness (QED) is 0.790. The van der Waals surface area contributed by atoms with E-state index in [0.717, 1.165) is 17.3 Å². The summed E-state index contributed by atoms with van der Waals surface area (Å²) in [5.41, 5.74) is 2.83. The van der Waals surface area contributed by atoms with Crippen molar-refractivity contribution in [3.05, 3.63) is 70.9 Å². The Morgan fingerprint density at radius 1 is 1.25 bits per heavy atom. The van der Waals surface area contributed by atoms with Crippen LogP contribution in [-0.4, -0.2) is 20.7 Å². The smallest absolute Gasteiger partial charge is 0.253 e. The van der Waals surface area contributed by atoms with Crippen LogP contribution < -0.4 is 5.32 Å². The molecule has 1 aromatic carbocycles. The standard InChI is InChI=1S/C17H14ClFN4O/c1-23-16(11-4-6-20-7-5-11)9-13(22-23)10-21-17(24)14-3-2-12(19)8-15(14)18/h2-9H,10H2,1H3,(H,21,24). The average Bonchev–Trinajstić information content (AvgIpc) is 2.94. The maximum Gasteiger partial charge on any atom is 0.253 e. The van der Waals surface area contributed by atoms with Gasteiger partial charge >= 0.3 is 0 Å². The summed E-state index contributed by atoms with van der Waals surface area (Å²) in [6.07, 6.45) is 3.42. The number of benzene rings is 1. The number of aromatic nitrogens is 3. The molecular formula is C17H14ClFN4O. The van der Waals surface area contributed by atoms with Gasteiger partial charge in [-0.15, -0.1) is 0 Å². The molecule has 0 saturated heterocycles. The van der Waals surface area contributed by atoms with Crippen molar-refractivity contribution in [3.63, 3.8) is 0 Å². The van der Waals surface area contributed by atoms with Crippen molar-refractivity contribution in [3.8, 4) is 11.3 Å². The summed E-state index contributed by atoms with van der Waals surface area (Å²) in [7, 11) is 1.83. The van der Waals surface area contributed by atoms with Crippen LogP contribution in [0.1, 0.15) is 16.1 Å². The summed E-state index contributed by atoms with van der Waals surface area (Å²) in [6.45, 7) is 0.242. The van der Waals surface area contributed by atoms with Crippen LogP contribution in [0.5, 0.6) is 0 Å². The summed E-state index contributed by atoms with van der Waals surface area (Å²) >= 11 is 5.89. The molecule has 0 bridgehead atoms. The summed E-state index contributed by atoms with van der Waals surface area (Å²) in [5, 5.41) is 7.19. The van der Waals surface area contributed by atoms with E-state index in [0.29, 0.717) is 5.69 Å². The lowest BCUT2D eigenvalue weighted by Gasteiger charge is -2.05. The molecule has 0 aliphatic rings. The molecule has 0 aliphatic carbocycles. The predicted octanol–water partition coefficient (Wildman–Crippen LogP) is 3.20. The van der Waals surface area contributed by atoms with Gasteiger partial charge in [-0.3, -0.25) is 14.5 Å². The highest BCUT2D eigenvalue weighted by Gasteiger charge is 2.12. The summed E-state index contributed by atoms with van der Waals surface area (Å²) in [6, 6.07) is 9.33. The number of hydrogen-bond acceptors (Lipinski definition) is 3. The molecule has 0 unspecified atom stereocenters. The molecule has 3 rings (SSSR count). The molecule has 0 saturated carbocycles. The molecule has 1 N–H and O–H groups in total. The largest absolute Gasteiger partial charge is 0.346 e. The SMILES string of the molecule is Cn1nc(CNC(=O)c2ccc(F)cc2Cl)cc1-c1ccncc1. The molecule has 0 aliphatic heterocycles. The number of halogens is 2. The van der Waals surface area contributed by atoms with Gasteiger partial charge in [0.05, 0.1) is 28.5 Å². The van der Waals surface area contributed by atoms with E-state index in [1.807, 2.05) is 25.2 Å². The maximum absolute atomic E-state index is 13.0. The number of carbonyl (C=O) groups excluding carboxylic acids is 1. The molecule has 122 valence electrons. The third-order valence-electron chi connectivity index (χ3n) is 3.51. The lowest BCUT2D eigenvalue weighted by atomic mass is 10.2. The number of nitrogens with one attached hydrogen (secondary N) is 1. The topological polar surface area (TPSA) is 59.8 Å². The normalized spacial score (nSPS) is 10.6. The minimum atomic E-state index is -0.483. The Morgan fingerprint density at radius 2 is 2.00 bits per heavy atom. The van der Waals surface area contributed by atoms with Gasteiger partial charge in [0.1, 0.15) is 5.82 Å². The van der Waals surface area contributed by atoms with Crippen molar-refractivity contribution >= 4 is 17.5 Å². The molecule has 5 nitrogen and oxygen atoms in total. The number of amides is 1. The fourth-order valence-electron chi connectivity index (χ4n) is 2.35. The third-order valence-corrected chi connectivity index (χ3v) is 3.83. The van der Waals surface area contributed by atoms with E-state index in [2.05, 4.69) is 15.4 Å². The number of aryl methyl sites for hydroxylation is 1. The summed E-state index contributed by atoms with van der Waals surface area (Å²) < 4.78 is 14.8. The van der Waals surface area contributed by atoms with Crippen molar-refractivity contribution in [2.45, 2.75) is 6.54 Å². The van der Waals surface area contributed by atoms with E-state index in [1.54, 1.807) is 17.1 Å². The van der Waals surface area contributed by atoms with Gasteiger partial charge in [-0.1, -0.05) is 11.6 Å². The first-order chi connectivity index (χ1) is 11.5. The monoisotopic (exact) mass is 344 g/mol. The van der Waals surface area contributed by atoms with Crippen LogP contribution in [-0.2, 0) is 13.6 Å². The second kappa shape index (κ2) is 6.80. The third kappa shape index (κ3) is 3.44. The lowest BCUT2D eigenvalue weighted by molar-refractivity contribution is 0.0950. The fourth-order valence-corrected chi connectivity index (χ4v) is 2.60. The zero-order valence-electron chi connectivity index (χ0n) is 12.8. The van der Waals surface area contributed by atoms with Gasteiger partial charge in [0.25, 0.3) is 5.91 Å². The summed E-state index contributed by atoms with van der Waals surface area (Å²) in [5.74, 6) is -0.862. The lowest BCUT2D eigenvalue weighted by Crippen LogP contribution is -2.23. The molecule has 24 heavy (non-hydrogen) atoms. The molecule has 0 radical (unpaired) electrons. The number of rotatable bonds is 4. The maximum atomic E-state index is 13.0. The van der Waals surface area contributed by atoms with E-state index in [4.69, 9.17) is 11.6 Å². The highest BCUT2D eigenvalue weighted by molar-refractivity contribution is 6.33. The minimum Gasteiger partial charge on any atom is -0.346 e. The van der Waals surface area contributed by atoms with Gasteiger partial charge in [-0.25, -0.2) is 4.39 Å². The zero-order chi connectivity index (χ0) is 17.1. The Hall–Kier alpha value is -2.73. The van der Waals surface area contributed by atoms with E-state index in [9.17, 15) is 9.18 Å². The van der Waals surface area contributed by atoms with Crippen molar-refractivity contribution in [2.24, 2.45) is 7.05 Å². The van der Waals surface area contributed by atoms with Gasteiger partial charge in [0.15, 0.2) is 0 Å². The second-order valence-electron chi connectivity index (χ2n) is 5.19. The van der Waals surface area contributed by atoms with E-state index in [1.165, 1.54) is 12.1 Å². The first-order valence-electron chi connectivity index (χ1n) is 7.21. The van der Waals surface area contributed by atoms with Crippen LogP contribution in [0, 0.1) is 5.82 Å². The first-order valence-corrected chi connectivity index (χ1v) is 7.59. The van der Waals surface area contributed by atoms with Crippen LogP contribution >= 0.6 is 11.6 Å². The van der Waals surface area contributed by atoms with Gasteiger partial charge in [-0.05, 0) is 36.4 Å². The number of pyridine rings is 1. The minimum absolute atomic E-state index is 0.0750. The van der Waals surface area contributed by atoms with E-state index in [-0.39, 0.29) is 23.0 Å². The van der Waals surface area contributed by atoms with Gasteiger partial charge in [-0.2, -0.15) is 5.10 Å². The van der Waals surface area contributed by atoms with Crippen LogP contribution in [0.25, 0.3) is 11.3 Å². The van der Waals surface area contributed by atoms with Crippen LogP contribution in [0.15, 0.2) is 48.8 Å². The molecule has 0 atom stereocenters. The molecule has 7 heteroatoms. The Morgan fingerprint density at radius 3 is 2.71 bits per heavy atom. The molecule has 3 aromatic rings. The number of carbonyl (C=O) groups is 1. The summed E-state index contributed by atoms with van der Waals surface area (Å²) in [4.78, 5) is 16.1. The van der Waals surface area contributed by atoms with Crippen LogP contribution in [0.3, 0.4) is 0 Å². The van der Waals surface area contributed by atoms with Gasteiger partial charge < -0.3 is 5.32 Å². The van der Waals surface area contributed by atoms with Crippen LogP contribution in [0.2, 0.25) is 5.02 Å². The first kappa shape index (κ1) is 16.1. The van der Waals surface area contributed by atoms with Crippen molar-refractivity contribution in [2.75, 3.05) is 0 Å². The molecule has 1 amide bonds. The molecule has 2 aromatic heterocycles. The van der Waals surface area contributed by atoms with E-state index < -0.39 is 5.82 Å². The molecule has 2 heterocycles. The average molecular weight is 345 g/mol. The Kier molecular flexibility index (Phi) is 4.57.